The minimum atomic E-state index is -4.99. The van der Waals surface area contributed by atoms with Gasteiger partial charge in [-0.15, -0.1) is 0 Å². The molecule has 218 valence electrons. The highest BCUT2D eigenvalue weighted by molar-refractivity contribution is 5.85. The van der Waals surface area contributed by atoms with Crippen molar-refractivity contribution in [2.45, 2.75) is 80.8 Å². The maximum Gasteiger partial charge on any atom is 0.433 e. The van der Waals surface area contributed by atoms with Crippen molar-refractivity contribution in [3.8, 4) is 0 Å². The summed E-state index contributed by atoms with van der Waals surface area (Å²) < 4.78 is 92.1. The number of hydrogen-bond donors (Lipinski definition) is 2. The molecule has 4 heterocycles. The third-order valence-electron chi connectivity index (χ3n) is 8.73. The van der Waals surface area contributed by atoms with Crippen molar-refractivity contribution in [1.82, 2.24) is 15.2 Å². The monoisotopic (exact) mass is 566 g/mol. The summed E-state index contributed by atoms with van der Waals surface area (Å²) in [6, 6.07) is 0.999. The maximum absolute atomic E-state index is 13.9. The Kier molecular flexibility index (Phi) is 7.53. The summed E-state index contributed by atoms with van der Waals surface area (Å²) in [4.78, 5) is 20.4. The Morgan fingerprint density at radius 2 is 2.00 bits per heavy atom. The van der Waals surface area contributed by atoms with E-state index in [2.05, 4.69) is 10.3 Å². The van der Waals surface area contributed by atoms with Gasteiger partial charge in [-0.1, -0.05) is 0 Å². The van der Waals surface area contributed by atoms with Crippen molar-refractivity contribution in [3.05, 3.63) is 24.0 Å². The summed E-state index contributed by atoms with van der Waals surface area (Å²) in [5.74, 6) is -0.746. The molecule has 0 spiro atoms. The van der Waals surface area contributed by atoms with Gasteiger partial charge in [-0.05, 0) is 44.2 Å². The molecule has 0 aromatic carbocycles. The number of fused-ring (bicyclic) bond motifs is 2. The first kappa shape index (κ1) is 28.4. The van der Waals surface area contributed by atoms with Gasteiger partial charge in [0.05, 0.1) is 24.2 Å². The van der Waals surface area contributed by atoms with E-state index in [1.165, 1.54) is 18.1 Å². The molecule has 8 nitrogen and oxygen atoms in total. The van der Waals surface area contributed by atoms with Gasteiger partial charge in [0.1, 0.15) is 5.69 Å². The maximum atomic E-state index is 13.9. The number of nitrogens with one attached hydrogen (secondary N) is 1. The van der Waals surface area contributed by atoms with Crippen molar-refractivity contribution >= 4 is 11.6 Å². The van der Waals surface area contributed by atoms with E-state index < -0.39 is 47.6 Å². The SMILES string of the molecule is CO[C@@H]1COCC[C@@H]1N[C@@H]1CC[C@@](C(=O)N2C[C@@H]3C[C@H]2CN3c2ccnc(C(F)(F)F)c2)(C(O)C(F)(F)F)C1. The predicted octanol–water partition coefficient (Wildman–Crippen LogP) is 2.75. The lowest BCUT2D eigenvalue weighted by Crippen LogP contribution is -2.59. The van der Waals surface area contributed by atoms with Crippen LogP contribution in [0.4, 0.5) is 32.0 Å². The topological polar surface area (TPSA) is 87.2 Å². The zero-order chi connectivity index (χ0) is 28.2. The molecule has 3 saturated heterocycles. The summed E-state index contributed by atoms with van der Waals surface area (Å²) in [6.45, 7) is 1.10. The molecule has 1 amide bonds. The van der Waals surface area contributed by atoms with Crippen LogP contribution in [-0.4, -0.2) is 96.9 Å². The number of nitrogens with zero attached hydrogens (tertiary/aromatic N) is 3. The van der Waals surface area contributed by atoms with Crippen molar-refractivity contribution in [1.29, 1.82) is 0 Å². The third kappa shape index (κ3) is 5.32. The van der Waals surface area contributed by atoms with Crippen LogP contribution < -0.4 is 10.2 Å². The number of methoxy groups -OCH3 is 1. The Balaban J connectivity index is 1.32. The number of likely N-dealkylation sites (tertiary alicyclic amines) is 1. The van der Waals surface area contributed by atoms with Crippen LogP contribution >= 0.6 is 0 Å². The smallest absolute Gasteiger partial charge is 0.383 e. The molecule has 4 fully saturated rings. The highest BCUT2D eigenvalue weighted by atomic mass is 19.4. The zero-order valence-corrected chi connectivity index (χ0v) is 21.3. The fourth-order valence-corrected chi connectivity index (χ4v) is 6.80. The van der Waals surface area contributed by atoms with Crippen molar-refractivity contribution < 1.29 is 45.7 Å². The minimum Gasteiger partial charge on any atom is -0.383 e. The van der Waals surface area contributed by atoms with Gasteiger partial charge in [0.15, 0.2) is 6.10 Å². The molecule has 1 aromatic rings. The molecule has 3 aliphatic heterocycles. The van der Waals surface area contributed by atoms with E-state index in [-0.39, 0.29) is 50.5 Å². The number of ether oxygens (including phenoxy) is 2. The Hall–Kier alpha value is -2.16. The first-order valence-corrected chi connectivity index (χ1v) is 13.1. The molecule has 7 atom stereocenters. The number of anilines is 1. The molecule has 2 N–H and O–H groups in total. The van der Waals surface area contributed by atoms with Crippen LogP contribution in [0, 0.1) is 5.41 Å². The number of hydrogen-bond acceptors (Lipinski definition) is 7. The Bertz CT molecular complexity index is 1060. The van der Waals surface area contributed by atoms with Crippen molar-refractivity contribution in [3.63, 3.8) is 0 Å². The molecule has 5 rings (SSSR count). The van der Waals surface area contributed by atoms with E-state index >= 15 is 0 Å². The van der Waals surface area contributed by atoms with Gasteiger partial charge in [-0.2, -0.15) is 26.3 Å². The van der Waals surface area contributed by atoms with E-state index in [0.29, 0.717) is 31.7 Å². The van der Waals surface area contributed by atoms with Crippen LogP contribution in [0.3, 0.4) is 0 Å². The Morgan fingerprint density at radius 1 is 1.23 bits per heavy atom. The van der Waals surface area contributed by atoms with Crippen molar-refractivity contribution in [2.24, 2.45) is 5.41 Å². The second-order valence-corrected chi connectivity index (χ2v) is 11.0. The molecule has 2 bridgehead atoms. The molecule has 1 aliphatic carbocycles. The van der Waals surface area contributed by atoms with Gasteiger partial charge in [0.25, 0.3) is 0 Å². The largest absolute Gasteiger partial charge is 0.433 e. The van der Waals surface area contributed by atoms with Gasteiger partial charge in [-0.25, -0.2) is 0 Å². The number of aliphatic hydroxyl groups is 1. The van der Waals surface area contributed by atoms with Crippen LogP contribution in [0.15, 0.2) is 18.3 Å². The molecule has 39 heavy (non-hydrogen) atoms. The lowest BCUT2D eigenvalue weighted by Gasteiger charge is -2.42. The van der Waals surface area contributed by atoms with E-state index in [0.717, 1.165) is 12.3 Å². The molecule has 1 unspecified atom stereocenters. The molecule has 1 aromatic heterocycles. The summed E-state index contributed by atoms with van der Waals surface area (Å²) >= 11 is 0. The summed E-state index contributed by atoms with van der Waals surface area (Å²) in [5, 5.41) is 13.9. The van der Waals surface area contributed by atoms with E-state index in [9.17, 15) is 36.2 Å². The van der Waals surface area contributed by atoms with Gasteiger partial charge in [-0.3, -0.25) is 9.78 Å². The number of amides is 1. The number of halogens is 6. The predicted molar refractivity (Wildman–Crippen MR) is 126 cm³/mol. The summed E-state index contributed by atoms with van der Waals surface area (Å²) in [5.41, 5.74) is -2.78. The van der Waals surface area contributed by atoms with Crippen LogP contribution in [-0.2, 0) is 20.4 Å². The van der Waals surface area contributed by atoms with Crippen LogP contribution in [0.5, 0.6) is 0 Å². The normalized spacial score (nSPS) is 34.1. The number of piperazine rings is 1. The number of carbonyl (C=O) groups is 1. The molecule has 14 heteroatoms. The lowest BCUT2D eigenvalue weighted by atomic mass is 9.77. The molecular formula is C25H32F6N4O4. The second-order valence-electron chi connectivity index (χ2n) is 11.0. The van der Waals surface area contributed by atoms with E-state index in [1.807, 2.05) is 0 Å². The Morgan fingerprint density at radius 3 is 2.64 bits per heavy atom. The Labute approximate surface area is 221 Å². The highest BCUT2D eigenvalue weighted by Gasteiger charge is 2.62. The first-order chi connectivity index (χ1) is 18.3. The fourth-order valence-electron chi connectivity index (χ4n) is 6.80. The number of carbonyl (C=O) groups excluding carboxylic acids is 1. The fraction of sp³-hybridized carbons (Fsp3) is 0.760. The quantitative estimate of drug-likeness (QED) is 0.513. The first-order valence-electron chi connectivity index (χ1n) is 13.1. The molecule has 4 aliphatic rings. The lowest BCUT2D eigenvalue weighted by molar-refractivity contribution is -0.240. The number of pyridine rings is 1. The molecule has 1 saturated carbocycles. The number of alkyl halides is 6. The second kappa shape index (κ2) is 10.3. The molecule has 0 radical (unpaired) electrons. The summed E-state index contributed by atoms with van der Waals surface area (Å²) in [6.07, 6.45) is -10.7. The summed E-state index contributed by atoms with van der Waals surface area (Å²) in [7, 11) is 1.53. The zero-order valence-electron chi connectivity index (χ0n) is 21.3. The minimum absolute atomic E-state index is 0.0727. The van der Waals surface area contributed by atoms with Crippen LogP contribution in [0.1, 0.15) is 37.8 Å². The van der Waals surface area contributed by atoms with E-state index in [4.69, 9.17) is 9.47 Å². The number of aliphatic hydroxyl groups excluding tert-OH is 1. The van der Waals surface area contributed by atoms with E-state index in [1.54, 1.807) is 4.90 Å². The average molecular weight is 567 g/mol. The molecular weight excluding hydrogens is 534 g/mol. The van der Waals surface area contributed by atoms with Crippen molar-refractivity contribution in [2.75, 3.05) is 38.3 Å². The van der Waals surface area contributed by atoms with Crippen LogP contribution in [0.25, 0.3) is 0 Å². The van der Waals surface area contributed by atoms with Gasteiger partial charge < -0.3 is 29.7 Å². The third-order valence-corrected chi connectivity index (χ3v) is 8.73. The number of rotatable bonds is 6. The van der Waals surface area contributed by atoms with Gasteiger partial charge in [0.2, 0.25) is 5.91 Å². The standard InChI is InChI=1S/C25H32F6N4O4/c1-38-19-13-39-7-4-18(19)33-14-2-5-23(10-14,21(36)25(29,30)31)22(37)35-12-16-8-17(35)11-34(16)15-3-6-32-20(9-15)24(26,27)28/h3,6,9,14,16-19,21,33,36H,2,4-5,7-8,10-13H2,1H3/t14-,16+,17+,18+,19-,21?,23+/m1/s1. The van der Waals surface area contributed by atoms with Gasteiger partial charge >= 0.3 is 12.4 Å². The average Bonchev–Trinajstić information content (AvgIpc) is 3.62. The highest BCUT2D eigenvalue weighted by Crippen LogP contribution is 2.50. The van der Waals surface area contributed by atoms with Gasteiger partial charge in [0, 0.05) is 56.8 Å². The van der Waals surface area contributed by atoms with Crippen LogP contribution in [0.2, 0.25) is 0 Å². The number of aromatic nitrogens is 1.